The number of hydrogen-bond acceptors (Lipinski definition) is 9. The first kappa shape index (κ1) is 28.2. The number of Topliss-reactive ketones (excluding diaryl/α,β-unsaturated/α-hetero) is 2. The molecule has 0 saturated carbocycles. The maximum Gasteiger partial charge on any atom is 0.372 e. The maximum atomic E-state index is 11.2. The predicted octanol–water partition coefficient (Wildman–Crippen LogP) is -1.01. The van der Waals surface area contributed by atoms with Crippen LogP contribution in [0.5, 0.6) is 0 Å². The summed E-state index contributed by atoms with van der Waals surface area (Å²) in [6, 6.07) is -1.53. The average Bonchev–Trinajstić information content (AvgIpc) is 2.64. The summed E-state index contributed by atoms with van der Waals surface area (Å²) < 4.78 is 12.8. The maximum absolute atomic E-state index is 11.2. The Labute approximate surface area is 169 Å². The summed E-state index contributed by atoms with van der Waals surface area (Å²) in [4.78, 5) is 46.9. The van der Waals surface area contributed by atoms with Crippen LogP contribution in [0.15, 0.2) is 0 Å². The molecule has 0 aromatic rings. The van der Waals surface area contributed by atoms with Crippen LogP contribution in [0.3, 0.4) is 0 Å². The van der Waals surface area contributed by atoms with Crippen molar-refractivity contribution >= 4 is 42.7 Å². The molecule has 0 radical (unpaired) electrons. The Morgan fingerprint density at radius 1 is 1.00 bits per heavy atom. The Morgan fingerprint density at radius 3 is 1.90 bits per heavy atom. The SMILES string of the molecule is C=[N+]=CC(=O)CC[C@H](N)C(=O)OCC.CC(C)OC(=O)C(N)CCC(=O)C=[N+]=N. The van der Waals surface area contributed by atoms with Gasteiger partial charge in [0.15, 0.2) is 0 Å². The van der Waals surface area contributed by atoms with E-state index in [0.717, 1.165) is 12.4 Å². The van der Waals surface area contributed by atoms with Gasteiger partial charge in [0.1, 0.15) is 12.1 Å². The van der Waals surface area contributed by atoms with Crippen LogP contribution in [-0.2, 0) is 28.7 Å². The summed E-state index contributed by atoms with van der Waals surface area (Å²) in [5, 5.41) is 0. The molecule has 0 aromatic heterocycles. The number of carbonyl (C=O) groups is 4. The average molecular weight is 413 g/mol. The summed E-state index contributed by atoms with van der Waals surface area (Å²) in [5.41, 5.74) is 17.4. The second-order valence-corrected chi connectivity index (χ2v) is 6.03. The predicted molar refractivity (Wildman–Crippen MR) is 107 cm³/mol. The number of hydrogen-bond donors (Lipinski definition) is 3. The molecule has 0 aliphatic rings. The molecule has 0 aliphatic carbocycles. The lowest BCUT2D eigenvalue weighted by Crippen LogP contribution is -2.34. The van der Waals surface area contributed by atoms with Crippen molar-refractivity contribution in [2.24, 2.45) is 11.5 Å². The van der Waals surface area contributed by atoms with Gasteiger partial charge < -0.3 is 20.9 Å². The van der Waals surface area contributed by atoms with Crippen LogP contribution in [0.25, 0.3) is 0 Å². The second-order valence-electron chi connectivity index (χ2n) is 6.03. The third-order valence-electron chi connectivity index (χ3n) is 3.09. The van der Waals surface area contributed by atoms with Crippen molar-refractivity contribution in [1.29, 1.82) is 5.53 Å². The zero-order valence-corrected chi connectivity index (χ0v) is 17.1. The van der Waals surface area contributed by atoms with E-state index < -0.39 is 24.0 Å². The van der Waals surface area contributed by atoms with Crippen LogP contribution < -0.4 is 16.1 Å². The highest BCUT2D eigenvalue weighted by Gasteiger charge is 2.18. The van der Waals surface area contributed by atoms with Gasteiger partial charge >= 0.3 is 24.4 Å². The molecule has 0 amide bonds. The minimum atomic E-state index is -0.796. The highest BCUT2D eigenvalue weighted by Crippen LogP contribution is 2.00. The fourth-order valence-corrected chi connectivity index (χ4v) is 1.70. The lowest BCUT2D eigenvalue weighted by atomic mass is 10.1. The second kappa shape index (κ2) is 17.2. The van der Waals surface area contributed by atoms with Gasteiger partial charge in [-0.25, -0.2) is 0 Å². The Morgan fingerprint density at radius 2 is 1.48 bits per heavy atom. The molecule has 29 heavy (non-hydrogen) atoms. The molecule has 0 fully saturated rings. The third kappa shape index (κ3) is 16.9. The van der Waals surface area contributed by atoms with Crippen LogP contribution >= 0.6 is 0 Å². The van der Waals surface area contributed by atoms with Gasteiger partial charge in [-0.05, 0) is 33.6 Å². The lowest BCUT2D eigenvalue weighted by Gasteiger charge is -2.12. The number of carbonyl (C=O) groups excluding carboxylic acids is 4. The summed E-state index contributed by atoms with van der Waals surface area (Å²) in [5.74, 6) is -1.51. The van der Waals surface area contributed by atoms with E-state index >= 15 is 0 Å². The van der Waals surface area contributed by atoms with Crippen molar-refractivity contribution in [3.05, 3.63) is 0 Å². The minimum absolute atomic E-state index is 0.0940. The first-order valence-electron chi connectivity index (χ1n) is 9.01. The van der Waals surface area contributed by atoms with Crippen molar-refractivity contribution in [3.8, 4) is 0 Å². The highest BCUT2D eigenvalue weighted by molar-refractivity contribution is 6.27. The fraction of sp³-hybridized carbons (Fsp3) is 0.611. The van der Waals surface area contributed by atoms with Crippen LogP contribution in [-0.4, -0.2) is 72.2 Å². The number of nitrogens with one attached hydrogen (secondary N) is 1. The normalized spacial score (nSPS) is 11.5. The molecular weight excluding hydrogens is 382 g/mol. The smallest absolute Gasteiger partial charge is 0.372 e. The van der Waals surface area contributed by atoms with Crippen LogP contribution in [0, 0.1) is 5.53 Å². The Bertz CT molecular complexity index is 651. The molecule has 5 N–H and O–H groups in total. The number of rotatable bonds is 12. The topological polar surface area (TPSA) is 191 Å². The quantitative estimate of drug-likeness (QED) is 0.157. The van der Waals surface area contributed by atoms with E-state index in [2.05, 4.69) is 20.9 Å². The van der Waals surface area contributed by atoms with Crippen LogP contribution in [0.4, 0.5) is 0 Å². The van der Waals surface area contributed by atoms with Crippen molar-refractivity contribution in [2.45, 2.75) is 64.6 Å². The Hall–Kier alpha value is -2.97. The fourth-order valence-electron chi connectivity index (χ4n) is 1.70. The zero-order valence-electron chi connectivity index (χ0n) is 17.1. The first-order chi connectivity index (χ1) is 13.6. The van der Waals surface area contributed by atoms with E-state index in [0.29, 0.717) is 6.61 Å². The molecule has 0 rings (SSSR count). The van der Waals surface area contributed by atoms with Gasteiger partial charge in [-0.1, -0.05) is 0 Å². The highest BCUT2D eigenvalue weighted by atomic mass is 16.5. The molecule has 162 valence electrons. The van der Waals surface area contributed by atoms with Gasteiger partial charge in [-0.3, -0.25) is 19.2 Å². The van der Waals surface area contributed by atoms with E-state index in [1.807, 2.05) is 0 Å². The zero-order chi connectivity index (χ0) is 22.8. The largest absolute Gasteiger partial charge is 0.465 e. The van der Waals surface area contributed by atoms with Gasteiger partial charge in [-0.15, -0.1) is 4.67 Å². The molecular formula is C18H31N5O6+2. The Kier molecular flexibility index (Phi) is 16.7. The number of ether oxygens (including phenoxy) is 2. The van der Waals surface area contributed by atoms with E-state index in [4.69, 9.17) is 21.7 Å². The molecule has 0 spiro atoms. The molecule has 11 heteroatoms. The molecule has 0 bridgehead atoms. The molecule has 0 saturated heterocycles. The third-order valence-corrected chi connectivity index (χ3v) is 3.09. The van der Waals surface area contributed by atoms with Crippen molar-refractivity contribution < 1.29 is 33.4 Å². The van der Waals surface area contributed by atoms with Gasteiger partial charge in [-0.2, -0.15) is 0 Å². The summed E-state index contributed by atoms with van der Waals surface area (Å²) in [7, 11) is 0. The Balaban J connectivity index is 0. The molecule has 0 aromatic carbocycles. The monoisotopic (exact) mass is 413 g/mol. The van der Waals surface area contributed by atoms with Gasteiger partial charge in [0.05, 0.1) is 23.0 Å². The van der Waals surface area contributed by atoms with Gasteiger partial charge in [0, 0.05) is 12.8 Å². The van der Waals surface area contributed by atoms with E-state index in [-0.39, 0.29) is 43.4 Å². The summed E-state index contributed by atoms with van der Waals surface area (Å²) in [6.45, 7) is 8.58. The first-order valence-corrected chi connectivity index (χ1v) is 9.01. The molecule has 11 nitrogen and oxygen atoms in total. The van der Waals surface area contributed by atoms with E-state index in [9.17, 15) is 19.2 Å². The van der Waals surface area contributed by atoms with Gasteiger partial charge in [0.25, 0.3) is 6.72 Å². The molecule has 1 unspecified atom stereocenters. The molecule has 0 aliphatic heterocycles. The summed E-state index contributed by atoms with van der Waals surface area (Å²) in [6.07, 6.45) is 2.53. The van der Waals surface area contributed by atoms with Crippen molar-refractivity contribution in [1.82, 2.24) is 4.67 Å². The van der Waals surface area contributed by atoms with Crippen LogP contribution in [0.1, 0.15) is 46.5 Å². The van der Waals surface area contributed by atoms with E-state index in [1.54, 1.807) is 20.8 Å². The van der Waals surface area contributed by atoms with Crippen LogP contribution in [0.2, 0.25) is 0 Å². The minimum Gasteiger partial charge on any atom is -0.465 e. The van der Waals surface area contributed by atoms with Gasteiger partial charge in [0.2, 0.25) is 11.6 Å². The number of nitrogens with zero attached hydrogens (tertiary/aromatic N) is 2. The number of ketones is 2. The van der Waals surface area contributed by atoms with Crippen molar-refractivity contribution in [3.63, 3.8) is 0 Å². The lowest BCUT2D eigenvalue weighted by molar-refractivity contribution is -0.149. The van der Waals surface area contributed by atoms with Crippen molar-refractivity contribution in [2.75, 3.05) is 6.61 Å². The van der Waals surface area contributed by atoms with E-state index in [1.165, 1.54) is 0 Å². The standard InChI is InChI=1S/C9H16N3O3.C9H15N2O3/c1-6(2)15-9(14)8(10)4-3-7(13)5-12-11;1-3-14-9(13)8(10)5-4-7(12)6-11-2/h5-6,8,11H,3-4,10H2,1-2H3;6,8H,2-5,10H2,1H3/q2*+1/t;8-/m.0/s1. The number of nitrogens with two attached hydrogens (primary N) is 2. The number of esters is 2. The summed E-state index contributed by atoms with van der Waals surface area (Å²) >= 11 is 0. The molecule has 2 atom stereocenters. The molecule has 0 heterocycles.